The van der Waals surface area contributed by atoms with Gasteiger partial charge in [0, 0.05) is 35.9 Å². The Bertz CT molecular complexity index is 1300. The fraction of sp³-hybridized carbons (Fsp3) is 0.111. The van der Waals surface area contributed by atoms with E-state index in [4.69, 9.17) is 0 Å². The maximum Gasteiger partial charge on any atom is 0.491 e. The lowest BCUT2D eigenvalue weighted by atomic mass is 10.2. The molecule has 0 bridgehead atoms. The summed E-state index contributed by atoms with van der Waals surface area (Å²) in [5.41, 5.74) is 1.33. The van der Waals surface area contributed by atoms with E-state index in [0.29, 0.717) is 11.4 Å². The van der Waals surface area contributed by atoms with Crippen LogP contribution in [0.25, 0.3) is 0 Å². The van der Waals surface area contributed by atoms with Crippen LogP contribution in [-0.4, -0.2) is 51.1 Å². The molecular formula is C18H16N10O4. The summed E-state index contributed by atoms with van der Waals surface area (Å²) in [6, 6.07) is 9.72. The van der Waals surface area contributed by atoms with Gasteiger partial charge in [-0.05, 0) is 35.3 Å². The highest BCUT2D eigenvalue weighted by Crippen LogP contribution is 2.17. The van der Waals surface area contributed by atoms with Crippen LogP contribution in [-0.2, 0) is 13.7 Å². The van der Waals surface area contributed by atoms with Crippen LogP contribution in [0.2, 0.25) is 0 Å². The lowest BCUT2D eigenvalue weighted by molar-refractivity contribution is -0.394. The molecule has 3 heterocycles. The van der Waals surface area contributed by atoms with Crippen LogP contribution in [0.3, 0.4) is 0 Å². The molecule has 0 aliphatic rings. The Morgan fingerprint density at radius 2 is 1.62 bits per heavy atom. The fourth-order valence-electron chi connectivity index (χ4n) is 2.75. The Balaban J connectivity index is 1.39. The second-order valence-corrected chi connectivity index (χ2v) is 6.59. The average molecular weight is 436 g/mol. The predicted molar refractivity (Wildman–Crippen MR) is 110 cm³/mol. The first-order chi connectivity index (χ1) is 15.4. The molecule has 2 N–H and O–H groups in total. The fourth-order valence-corrected chi connectivity index (χ4v) is 2.75. The molecule has 2 amide bonds. The Hall–Kier alpha value is -4.88. The van der Waals surface area contributed by atoms with E-state index in [9.17, 15) is 19.7 Å². The van der Waals surface area contributed by atoms with Crippen LogP contribution in [0.5, 0.6) is 0 Å². The lowest BCUT2D eigenvalue weighted by Gasteiger charge is -2.07. The molecule has 1 aromatic carbocycles. The van der Waals surface area contributed by atoms with Crippen LogP contribution in [0.1, 0.15) is 21.0 Å². The molecule has 0 fully saturated rings. The number of aromatic nitrogens is 7. The van der Waals surface area contributed by atoms with Crippen molar-refractivity contribution in [3.05, 3.63) is 76.6 Å². The number of rotatable bonds is 7. The number of nitro groups is 1. The number of aryl methyl sites for hydroxylation is 1. The normalized spacial score (nSPS) is 10.7. The molecule has 3 aromatic heterocycles. The third kappa shape index (κ3) is 4.64. The van der Waals surface area contributed by atoms with Gasteiger partial charge in [0.1, 0.15) is 0 Å². The van der Waals surface area contributed by atoms with Crippen molar-refractivity contribution >= 4 is 29.1 Å². The number of anilines is 2. The third-order valence-corrected chi connectivity index (χ3v) is 4.18. The Labute approximate surface area is 179 Å². The summed E-state index contributed by atoms with van der Waals surface area (Å²) in [6.45, 7) is 0.0448. The highest BCUT2D eigenvalue weighted by molar-refractivity contribution is 6.05. The second-order valence-electron chi connectivity index (χ2n) is 6.59. The van der Waals surface area contributed by atoms with Crippen molar-refractivity contribution in [2.75, 3.05) is 10.6 Å². The van der Waals surface area contributed by atoms with Crippen molar-refractivity contribution in [2.24, 2.45) is 7.05 Å². The monoisotopic (exact) mass is 436 g/mol. The Morgan fingerprint density at radius 1 is 0.969 bits per heavy atom. The zero-order valence-electron chi connectivity index (χ0n) is 16.6. The lowest BCUT2D eigenvalue weighted by Crippen LogP contribution is -2.16. The highest BCUT2D eigenvalue weighted by atomic mass is 16.6. The second kappa shape index (κ2) is 8.47. The summed E-state index contributed by atoms with van der Waals surface area (Å²) in [6.07, 6.45) is 4.39. The Morgan fingerprint density at radius 3 is 2.22 bits per heavy atom. The van der Waals surface area contributed by atoms with Gasteiger partial charge in [-0.2, -0.15) is 14.9 Å². The van der Waals surface area contributed by atoms with Crippen molar-refractivity contribution in [1.82, 2.24) is 34.3 Å². The van der Waals surface area contributed by atoms with Gasteiger partial charge in [0.25, 0.3) is 11.8 Å². The summed E-state index contributed by atoms with van der Waals surface area (Å²) in [7, 11) is 1.71. The maximum absolute atomic E-state index is 12.5. The molecule has 14 nitrogen and oxygen atoms in total. The zero-order chi connectivity index (χ0) is 22.7. The molecule has 14 heteroatoms. The highest BCUT2D eigenvalue weighted by Gasteiger charge is 2.15. The molecular weight excluding hydrogens is 420 g/mol. The quantitative estimate of drug-likeness (QED) is 0.321. The first-order valence-corrected chi connectivity index (χ1v) is 9.17. The molecule has 4 rings (SSSR count). The summed E-state index contributed by atoms with van der Waals surface area (Å²) in [4.78, 5) is 38.3. The van der Waals surface area contributed by atoms with E-state index >= 15 is 0 Å². The van der Waals surface area contributed by atoms with E-state index in [1.54, 1.807) is 43.6 Å². The van der Waals surface area contributed by atoms with Crippen LogP contribution in [0.4, 0.5) is 17.3 Å². The molecule has 0 atom stereocenters. The van der Waals surface area contributed by atoms with E-state index in [1.165, 1.54) is 32.6 Å². The molecule has 162 valence electrons. The molecule has 0 saturated carbocycles. The van der Waals surface area contributed by atoms with E-state index in [1.807, 2.05) is 0 Å². The predicted octanol–water partition coefficient (Wildman–Crippen LogP) is 1.13. The van der Waals surface area contributed by atoms with Gasteiger partial charge in [0.15, 0.2) is 18.1 Å². The molecule has 4 aromatic rings. The van der Waals surface area contributed by atoms with Crippen LogP contribution >= 0.6 is 0 Å². The van der Waals surface area contributed by atoms with Gasteiger partial charge in [0.05, 0.1) is 0 Å². The molecule has 0 unspecified atom stereocenters. The molecule has 0 spiro atoms. The minimum absolute atomic E-state index is 0.0448. The largest absolute Gasteiger partial charge is 0.491 e. The van der Waals surface area contributed by atoms with Crippen molar-refractivity contribution < 1.29 is 14.5 Å². The van der Waals surface area contributed by atoms with Gasteiger partial charge in [-0.25, -0.2) is 4.68 Å². The van der Waals surface area contributed by atoms with E-state index < -0.39 is 16.8 Å². The Kier molecular flexibility index (Phi) is 5.40. The first-order valence-electron chi connectivity index (χ1n) is 9.17. The van der Waals surface area contributed by atoms with Crippen molar-refractivity contribution in [3.63, 3.8) is 0 Å². The minimum Gasteiger partial charge on any atom is -0.390 e. The first kappa shape index (κ1) is 20.4. The summed E-state index contributed by atoms with van der Waals surface area (Å²) in [5.74, 6) is -1.37. The standard InChI is InChI=1S/C18H16N10O4/c1-25-7-5-14(22-25)16(29)20-12-3-2-4-13(9-12)21-17(30)15-6-8-26(23-15)11-27-10-19-18(24-27)28(31)32/h2-10H,11H2,1H3,(H,20,29)(H,21,30). The SMILES string of the molecule is Cn1ccc(C(=O)Nc2cccc(NC(=O)c3ccn(Cn4cnc([N+](=O)[O-])n4)n3)c2)n1. The smallest absolute Gasteiger partial charge is 0.390 e. The number of hydrogen-bond acceptors (Lipinski definition) is 8. The number of nitrogens with zero attached hydrogens (tertiary/aromatic N) is 8. The van der Waals surface area contributed by atoms with Gasteiger partial charge in [-0.15, -0.1) is 0 Å². The molecule has 0 aliphatic heterocycles. The van der Waals surface area contributed by atoms with Crippen LogP contribution in [0.15, 0.2) is 55.1 Å². The summed E-state index contributed by atoms with van der Waals surface area (Å²) in [5, 5.41) is 27.9. The van der Waals surface area contributed by atoms with Crippen LogP contribution in [0, 0.1) is 10.1 Å². The molecule has 32 heavy (non-hydrogen) atoms. The number of amides is 2. The van der Waals surface area contributed by atoms with E-state index in [0.717, 1.165) is 0 Å². The molecule has 0 radical (unpaired) electrons. The topological polar surface area (TPSA) is 168 Å². The number of carbonyl (C=O) groups excluding carboxylic acids is 2. The zero-order valence-corrected chi connectivity index (χ0v) is 16.6. The molecule has 0 saturated heterocycles. The average Bonchev–Trinajstić information content (AvgIpc) is 3.50. The van der Waals surface area contributed by atoms with Crippen molar-refractivity contribution in [2.45, 2.75) is 6.67 Å². The van der Waals surface area contributed by atoms with Crippen molar-refractivity contribution in [3.8, 4) is 0 Å². The summed E-state index contributed by atoms with van der Waals surface area (Å²) < 4.78 is 4.13. The number of nitrogens with one attached hydrogen (secondary N) is 2. The summed E-state index contributed by atoms with van der Waals surface area (Å²) >= 11 is 0. The number of carbonyl (C=O) groups is 2. The number of hydrogen-bond donors (Lipinski definition) is 2. The van der Waals surface area contributed by atoms with Gasteiger partial charge in [-0.1, -0.05) is 11.1 Å². The van der Waals surface area contributed by atoms with Gasteiger partial charge < -0.3 is 20.7 Å². The number of benzene rings is 1. The van der Waals surface area contributed by atoms with Crippen LogP contribution < -0.4 is 10.6 Å². The minimum atomic E-state index is -0.703. The van der Waals surface area contributed by atoms with Gasteiger partial charge in [-0.3, -0.25) is 14.3 Å². The van der Waals surface area contributed by atoms with E-state index in [-0.39, 0.29) is 24.0 Å². The molecule has 0 aliphatic carbocycles. The van der Waals surface area contributed by atoms with Crippen molar-refractivity contribution in [1.29, 1.82) is 0 Å². The third-order valence-electron chi connectivity index (χ3n) is 4.18. The van der Waals surface area contributed by atoms with Gasteiger partial charge in [0.2, 0.25) is 6.33 Å². The van der Waals surface area contributed by atoms with Gasteiger partial charge >= 0.3 is 5.95 Å². The maximum atomic E-state index is 12.5. The van der Waals surface area contributed by atoms with E-state index in [2.05, 4.69) is 30.9 Å².